The molecule has 4 atom stereocenters. The van der Waals surface area contributed by atoms with Crippen LogP contribution in [0, 0.1) is 23.2 Å². The molecule has 4 unspecified atom stereocenters. The fourth-order valence-corrected chi connectivity index (χ4v) is 4.59. The van der Waals surface area contributed by atoms with Crippen molar-refractivity contribution in [3.8, 4) is 0 Å². The number of rotatable bonds is 5. The molecule has 2 saturated carbocycles. The van der Waals surface area contributed by atoms with Gasteiger partial charge in [-0.2, -0.15) is 0 Å². The minimum absolute atomic E-state index is 0.0202. The maximum absolute atomic E-state index is 9.62. The monoisotopic (exact) mass is 253 g/mol. The van der Waals surface area contributed by atoms with Crippen LogP contribution in [-0.4, -0.2) is 50.0 Å². The molecule has 3 nitrogen and oxygen atoms in total. The molecule has 3 heteroatoms. The highest BCUT2D eigenvalue weighted by Crippen LogP contribution is 2.48. The van der Waals surface area contributed by atoms with E-state index in [2.05, 4.69) is 11.9 Å². The largest absolute Gasteiger partial charge is 0.396 e. The molecular formula is C15H27NO2. The summed E-state index contributed by atoms with van der Waals surface area (Å²) in [5.74, 6) is 2.96. The van der Waals surface area contributed by atoms with Gasteiger partial charge in [0.05, 0.1) is 13.2 Å². The minimum Gasteiger partial charge on any atom is -0.396 e. The smallest absolute Gasteiger partial charge is 0.0557 e. The first kappa shape index (κ1) is 12.9. The molecular weight excluding hydrogens is 226 g/mol. The highest BCUT2D eigenvalue weighted by molar-refractivity contribution is 4.92. The highest BCUT2D eigenvalue weighted by atomic mass is 16.5. The number of fused-ring (bicyclic) bond motifs is 2. The van der Waals surface area contributed by atoms with Crippen molar-refractivity contribution in [3.05, 3.63) is 0 Å². The Bertz CT molecular complexity index is 288. The molecule has 104 valence electrons. The van der Waals surface area contributed by atoms with Crippen LogP contribution in [0.15, 0.2) is 0 Å². The molecule has 3 fully saturated rings. The summed E-state index contributed by atoms with van der Waals surface area (Å²) < 4.78 is 5.48. The fraction of sp³-hybridized carbons (Fsp3) is 1.00. The van der Waals surface area contributed by atoms with Crippen molar-refractivity contribution in [2.75, 3.05) is 40.0 Å². The number of hydrogen-bond donors (Lipinski definition) is 1. The van der Waals surface area contributed by atoms with E-state index in [0.717, 1.165) is 43.9 Å². The number of nitrogens with zero attached hydrogens (tertiary/aromatic N) is 1. The summed E-state index contributed by atoms with van der Waals surface area (Å²) in [4.78, 5) is 2.45. The van der Waals surface area contributed by atoms with Crippen LogP contribution in [0.3, 0.4) is 0 Å². The Labute approximate surface area is 110 Å². The lowest BCUT2D eigenvalue weighted by Gasteiger charge is -2.33. The van der Waals surface area contributed by atoms with Gasteiger partial charge in [0.15, 0.2) is 0 Å². The van der Waals surface area contributed by atoms with Crippen molar-refractivity contribution in [2.45, 2.75) is 32.1 Å². The first-order chi connectivity index (χ1) is 8.71. The summed E-state index contributed by atoms with van der Waals surface area (Å²) in [6.45, 7) is 4.06. The molecule has 1 heterocycles. The predicted molar refractivity (Wildman–Crippen MR) is 71.4 cm³/mol. The van der Waals surface area contributed by atoms with E-state index < -0.39 is 0 Å². The Hall–Kier alpha value is -0.120. The summed E-state index contributed by atoms with van der Waals surface area (Å²) >= 11 is 0. The van der Waals surface area contributed by atoms with E-state index in [9.17, 15) is 5.11 Å². The lowest BCUT2D eigenvalue weighted by atomic mass is 9.85. The molecule has 0 spiro atoms. The van der Waals surface area contributed by atoms with Gasteiger partial charge in [-0.05, 0) is 50.5 Å². The summed E-state index contributed by atoms with van der Waals surface area (Å²) in [7, 11) is 2.22. The third kappa shape index (κ3) is 2.45. The van der Waals surface area contributed by atoms with Crippen molar-refractivity contribution >= 4 is 0 Å². The first-order valence-corrected chi connectivity index (χ1v) is 7.58. The molecule has 2 bridgehead atoms. The molecule has 1 aliphatic heterocycles. The Morgan fingerprint density at radius 2 is 2.22 bits per heavy atom. The van der Waals surface area contributed by atoms with E-state index in [1.54, 1.807) is 0 Å². The van der Waals surface area contributed by atoms with E-state index in [4.69, 9.17) is 4.74 Å². The molecule has 1 N–H and O–H groups in total. The van der Waals surface area contributed by atoms with Gasteiger partial charge in [-0.1, -0.05) is 6.42 Å². The lowest BCUT2D eigenvalue weighted by Crippen LogP contribution is -2.41. The van der Waals surface area contributed by atoms with Crippen LogP contribution in [0.1, 0.15) is 32.1 Å². The van der Waals surface area contributed by atoms with Crippen molar-refractivity contribution in [1.82, 2.24) is 4.90 Å². The van der Waals surface area contributed by atoms with Crippen molar-refractivity contribution in [3.63, 3.8) is 0 Å². The second kappa shape index (κ2) is 5.10. The van der Waals surface area contributed by atoms with Gasteiger partial charge in [-0.25, -0.2) is 0 Å². The molecule has 18 heavy (non-hydrogen) atoms. The quantitative estimate of drug-likeness (QED) is 0.810. The second-order valence-corrected chi connectivity index (χ2v) is 7.09. The van der Waals surface area contributed by atoms with E-state index in [1.807, 2.05) is 0 Å². The van der Waals surface area contributed by atoms with Gasteiger partial charge in [-0.15, -0.1) is 0 Å². The number of hydrogen-bond acceptors (Lipinski definition) is 3. The van der Waals surface area contributed by atoms with Crippen LogP contribution >= 0.6 is 0 Å². The molecule has 2 aliphatic carbocycles. The molecule has 1 saturated heterocycles. The summed E-state index contributed by atoms with van der Waals surface area (Å²) in [5, 5.41) is 9.62. The summed E-state index contributed by atoms with van der Waals surface area (Å²) in [6.07, 6.45) is 6.92. The Balaban J connectivity index is 1.51. The fourth-order valence-electron chi connectivity index (χ4n) is 4.59. The third-order valence-electron chi connectivity index (χ3n) is 5.56. The summed E-state index contributed by atoms with van der Waals surface area (Å²) in [6, 6.07) is 0. The minimum atomic E-state index is 0.0202. The molecule has 0 aromatic heterocycles. The van der Waals surface area contributed by atoms with Crippen LogP contribution in [0.25, 0.3) is 0 Å². The van der Waals surface area contributed by atoms with Crippen LogP contribution in [0.4, 0.5) is 0 Å². The lowest BCUT2D eigenvalue weighted by molar-refractivity contribution is 0.0569. The summed E-state index contributed by atoms with van der Waals surface area (Å²) in [5.41, 5.74) is 0.0202. The predicted octanol–water partition coefficient (Wildman–Crippen LogP) is 1.75. The number of aliphatic hydroxyl groups is 1. The topological polar surface area (TPSA) is 32.7 Å². The van der Waals surface area contributed by atoms with Crippen LogP contribution in [0.5, 0.6) is 0 Å². The van der Waals surface area contributed by atoms with E-state index in [-0.39, 0.29) is 12.0 Å². The maximum atomic E-state index is 9.62. The van der Waals surface area contributed by atoms with Gasteiger partial charge < -0.3 is 14.7 Å². The zero-order chi connectivity index (χ0) is 12.6. The average Bonchev–Trinajstić information content (AvgIpc) is 3.04. The second-order valence-electron chi connectivity index (χ2n) is 7.09. The van der Waals surface area contributed by atoms with Gasteiger partial charge in [0.2, 0.25) is 0 Å². The van der Waals surface area contributed by atoms with E-state index >= 15 is 0 Å². The standard InChI is InChI=1S/C15H27NO2/c1-16(9-15(10-17)4-5-18-11-15)8-14-7-12-2-3-13(14)6-12/h12-14,17H,2-11H2,1H3. The molecule has 0 aromatic carbocycles. The maximum Gasteiger partial charge on any atom is 0.0557 e. The molecule has 3 aliphatic rings. The molecule has 0 radical (unpaired) electrons. The Kier molecular flexibility index (Phi) is 3.65. The van der Waals surface area contributed by atoms with Gasteiger partial charge in [0.1, 0.15) is 0 Å². The van der Waals surface area contributed by atoms with Crippen molar-refractivity contribution < 1.29 is 9.84 Å². The van der Waals surface area contributed by atoms with Gasteiger partial charge in [0, 0.05) is 25.1 Å². The van der Waals surface area contributed by atoms with Gasteiger partial charge in [-0.3, -0.25) is 0 Å². The first-order valence-electron chi connectivity index (χ1n) is 7.58. The number of ether oxygens (including phenoxy) is 1. The van der Waals surface area contributed by atoms with Crippen LogP contribution < -0.4 is 0 Å². The average molecular weight is 253 g/mol. The van der Waals surface area contributed by atoms with Crippen LogP contribution in [0.2, 0.25) is 0 Å². The molecule has 0 amide bonds. The Morgan fingerprint density at radius 1 is 1.33 bits per heavy atom. The normalized spacial score (nSPS) is 43.2. The molecule has 0 aromatic rings. The van der Waals surface area contributed by atoms with Crippen molar-refractivity contribution in [1.29, 1.82) is 0 Å². The zero-order valence-corrected chi connectivity index (χ0v) is 11.6. The number of aliphatic hydroxyl groups excluding tert-OH is 1. The van der Waals surface area contributed by atoms with Crippen molar-refractivity contribution in [2.24, 2.45) is 23.2 Å². The van der Waals surface area contributed by atoms with E-state index in [0.29, 0.717) is 0 Å². The van der Waals surface area contributed by atoms with E-state index in [1.165, 1.54) is 32.2 Å². The highest BCUT2D eigenvalue weighted by Gasteiger charge is 2.41. The van der Waals surface area contributed by atoms with Crippen LogP contribution in [-0.2, 0) is 4.74 Å². The van der Waals surface area contributed by atoms with Gasteiger partial charge >= 0.3 is 0 Å². The SMILES string of the molecule is CN(CC1CC2CCC1C2)CC1(CO)CCOC1. The third-order valence-corrected chi connectivity index (χ3v) is 5.56. The molecule has 3 rings (SSSR count). The Morgan fingerprint density at radius 3 is 2.78 bits per heavy atom. The zero-order valence-electron chi connectivity index (χ0n) is 11.6. The van der Waals surface area contributed by atoms with Gasteiger partial charge in [0.25, 0.3) is 0 Å².